The van der Waals surface area contributed by atoms with Crippen LogP contribution in [-0.2, 0) is 9.59 Å². The molecule has 1 fully saturated rings. The van der Waals surface area contributed by atoms with Crippen molar-refractivity contribution in [1.29, 1.82) is 0 Å². The predicted octanol–water partition coefficient (Wildman–Crippen LogP) is 1.03. The van der Waals surface area contributed by atoms with E-state index in [2.05, 4.69) is 4.98 Å². The Morgan fingerprint density at radius 1 is 1.50 bits per heavy atom. The molecule has 1 aromatic rings. The second kappa shape index (κ2) is 5.90. The van der Waals surface area contributed by atoms with E-state index in [1.165, 1.54) is 6.20 Å². The molecule has 0 saturated carbocycles. The van der Waals surface area contributed by atoms with Gasteiger partial charge in [-0.3, -0.25) is 14.6 Å². The van der Waals surface area contributed by atoms with Crippen molar-refractivity contribution < 1.29 is 19.4 Å². The summed E-state index contributed by atoms with van der Waals surface area (Å²) in [5, 5.41) is 9.08. The molecule has 6 nitrogen and oxygen atoms in total. The number of rotatable bonds is 4. The number of pyridine rings is 1. The van der Waals surface area contributed by atoms with Gasteiger partial charge < -0.3 is 14.7 Å². The molecular formula is C14H18N2O4. The first kappa shape index (κ1) is 14.3. The van der Waals surface area contributed by atoms with Crippen LogP contribution in [0, 0.1) is 11.8 Å². The van der Waals surface area contributed by atoms with Crippen LogP contribution in [0.4, 0.5) is 0 Å². The van der Waals surface area contributed by atoms with Crippen LogP contribution in [0.2, 0.25) is 0 Å². The van der Waals surface area contributed by atoms with E-state index in [1.807, 2.05) is 6.92 Å². The molecule has 6 heteroatoms. The molecule has 3 atom stereocenters. The first-order valence-corrected chi connectivity index (χ1v) is 6.57. The molecule has 0 aliphatic carbocycles. The Balaban J connectivity index is 1.96. The smallest absolute Gasteiger partial charge is 0.308 e. The monoisotopic (exact) mass is 278 g/mol. The van der Waals surface area contributed by atoms with E-state index in [0.29, 0.717) is 12.3 Å². The number of nitrogens with zero attached hydrogens (tertiary/aromatic N) is 2. The average Bonchev–Trinajstić information content (AvgIpc) is 2.81. The lowest BCUT2D eigenvalue weighted by molar-refractivity contribution is -0.142. The maximum Gasteiger partial charge on any atom is 0.308 e. The number of carbonyl (C=O) groups is 2. The van der Waals surface area contributed by atoms with E-state index in [9.17, 15) is 9.59 Å². The minimum absolute atomic E-state index is 0.0398. The van der Waals surface area contributed by atoms with E-state index in [4.69, 9.17) is 9.84 Å². The Labute approximate surface area is 117 Å². The van der Waals surface area contributed by atoms with Crippen LogP contribution in [0.25, 0.3) is 0 Å². The summed E-state index contributed by atoms with van der Waals surface area (Å²) in [6, 6.07) is 3.45. The van der Waals surface area contributed by atoms with Gasteiger partial charge in [-0.1, -0.05) is 6.92 Å². The number of carboxylic acids is 1. The highest BCUT2D eigenvalue weighted by atomic mass is 16.5. The topological polar surface area (TPSA) is 79.7 Å². The molecule has 2 rings (SSSR count). The third kappa shape index (κ3) is 3.07. The summed E-state index contributed by atoms with van der Waals surface area (Å²) in [4.78, 5) is 28.8. The van der Waals surface area contributed by atoms with Crippen LogP contribution in [-0.4, -0.2) is 46.1 Å². The SMILES string of the molecule is C[C@H](Oc1cccnc1)C(=O)N1C[C@@H](C)[C@H](C(=O)O)C1. The minimum Gasteiger partial charge on any atom is -0.481 e. The third-order valence-electron chi connectivity index (χ3n) is 3.54. The number of ether oxygens (including phenoxy) is 1. The largest absolute Gasteiger partial charge is 0.481 e. The van der Waals surface area contributed by atoms with Gasteiger partial charge in [0.25, 0.3) is 5.91 Å². The highest BCUT2D eigenvalue weighted by Crippen LogP contribution is 2.24. The molecule has 1 amide bonds. The molecule has 1 saturated heterocycles. The van der Waals surface area contributed by atoms with Crippen LogP contribution >= 0.6 is 0 Å². The number of aliphatic carboxylic acids is 1. The summed E-state index contributed by atoms with van der Waals surface area (Å²) in [6.45, 7) is 4.21. The first-order chi connectivity index (χ1) is 9.49. The van der Waals surface area contributed by atoms with Crippen molar-refractivity contribution in [3.8, 4) is 5.75 Å². The van der Waals surface area contributed by atoms with Crippen molar-refractivity contribution in [2.45, 2.75) is 20.0 Å². The number of likely N-dealkylation sites (tertiary alicyclic amines) is 1. The molecule has 0 spiro atoms. The van der Waals surface area contributed by atoms with Crippen LogP contribution in [0.5, 0.6) is 5.75 Å². The zero-order valence-corrected chi connectivity index (χ0v) is 11.5. The lowest BCUT2D eigenvalue weighted by Crippen LogP contribution is -2.39. The van der Waals surface area contributed by atoms with E-state index >= 15 is 0 Å². The summed E-state index contributed by atoms with van der Waals surface area (Å²) in [5.74, 6) is -1.06. The Morgan fingerprint density at radius 3 is 2.80 bits per heavy atom. The molecule has 108 valence electrons. The number of carboxylic acid groups (broad SMARTS) is 1. The van der Waals surface area contributed by atoms with Gasteiger partial charge in [0.05, 0.1) is 12.1 Å². The zero-order chi connectivity index (χ0) is 14.7. The molecule has 0 aromatic carbocycles. The fourth-order valence-corrected chi connectivity index (χ4v) is 2.40. The molecule has 1 N–H and O–H groups in total. The average molecular weight is 278 g/mol. The lowest BCUT2D eigenvalue weighted by Gasteiger charge is -2.21. The predicted molar refractivity (Wildman–Crippen MR) is 71.2 cm³/mol. The van der Waals surface area contributed by atoms with E-state index in [1.54, 1.807) is 30.2 Å². The van der Waals surface area contributed by atoms with Gasteiger partial charge in [-0.25, -0.2) is 0 Å². The van der Waals surface area contributed by atoms with Gasteiger partial charge in [-0.2, -0.15) is 0 Å². The van der Waals surface area contributed by atoms with Gasteiger partial charge in [0.2, 0.25) is 0 Å². The number of hydrogen-bond acceptors (Lipinski definition) is 4. The molecule has 0 unspecified atom stereocenters. The van der Waals surface area contributed by atoms with E-state index < -0.39 is 18.0 Å². The van der Waals surface area contributed by atoms with Gasteiger partial charge in [-0.05, 0) is 25.0 Å². The van der Waals surface area contributed by atoms with Crippen LogP contribution in [0.1, 0.15) is 13.8 Å². The summed E-state index contributed by atoms with van der Waals surface area (Å²) in [6.07, 6.45) is 2.51. The highest BCUT2D eigenvalue weighted by Gasteiger charge is 2.38. The van der Waals surface area contributed by atoms with Crippen molar-refractivity contribution in [1.82, 2.24) is 9.88 Å². The van der Waals surface area contributed by atoms with Crippen molar-refractivity contribution in [3.05, 3.63) is 24.5 Å². The highest BCUT2D eigenvalue weighted by molar-refractivity contribution is 5.82. The normalized spacial score (nSPS) is 23.4. The van der Waals surface area contributed by atoms with Gasteiger partial charge in [0.1, 0.15) is 5.75 Å². The number of amides is 1. The Morgan fingerprint density at radius 2 is 2.25 bits per heavy atom. The Bertz CT molecular complexity index is 491. The minimum atomic E-state index is -0.853. The molecule has 2 heterocycles. The quantitative estimate of drug-likeness (QED) is 0.889. The second-order valence-corrected chi connectivity index (χ2v) is 5.11. The third-order valence-corrected chi connectivity index (χ3v) is 3.54. The molecule has 1 aliphatic rings. The molecule has 1 aliphatic heterocycles. The van der Waals surface area contributed by atoms with E-state index in [0.717, 1.165) is 0 Å². The number of hydrogen-bond donors (Lipinski definition) is 1. The van der Waals surface area contributed by atoms with Crippen molar-refractivity contribution >= 4 is 11.9 Å². The number of carbonyl (C=O) groups excluding carboxylic acids is 1. The maximum atomic E-state index is 12.3. The van der Waals surface area contributed by atoms with Crippen molar-refractivity contribution in [2.24, 2.45) is 11.8 Å². The van der Waals surface area contributed by atoms with Crippen molar-refractivity contribution in [2.75, 3.05) is 13.1 Å². The van der Waals surface area contributed by atoms with Gasteiger partial charge in [-0.15, -0.1) is 0 Å². The van der Waals surface area contributed by atoms with Crippen LogP contribution in [0.15, 0.2) is 24.5 Å². The van der Waals surface area contributed by atoms with Gasteiger partial charge >= 0.3 is 5.97 Å². The number of aromatic nitrogens is 1. The Hall–Kier alpha value is -2.11. The second-order valence-electron chi connectivity index (χ2n) is 5.11. The van der Waals surface area contributed by atoms with Crippen LogP contribution in [0.3, 0.4) is 0 Å². The van der Waals surface area contributed by atoms with Gasteiger partial charge in [0.15, 0.2) is 6.10 Å². The van der Waals surface area contributed by atoms with E-state index in [-0.39, 0.29) is 18.4 Å². The summed E-state index contributed by atoms with van der Waals surface area (Å²) in [5.41, 5.74) is 0. The standard InChI is InChI=1S/C14H18N2O4/c1-9-7-16(8-12(9)14(18)19)13(17)10(2)20-11-4-3-5-15-6-11/h3-6,9-10,12H,7-8H2,1-2H3,(H,18,19)/t9-,10+,12-/m1/s1. The molecule has 20 heavy (non-hydrogen) atoms. The fraction of sp³-hybridized carbons (Fsp3) is 0.500. The zero-order valence-electron chi connectivity index (χ0n) is 11.5. The van der Waals surface area contributed by atoms with Gasteiger partial charge in [0, 0.05) is 19.3 Å². The maximum absolute atomic E-state index is 12.3. The Kier molecular flexibility index (Phi) is 4.22. The summed E-state index contributed by atoms with van der Waals surface area (Å²) >= 11 is 0. The first-order valence-electron chi connectivity index (χ1n) is 6.57. The molecule has 0 bridgehead atoms. The lowest BCUT2D eigenvalue weighted by atomic mass is 9.99. The summed E-state index contributed by atoms with van der Waals surface area (Å²) < 4.78 is 5.52. The summed E-state index contributed by atoms with van der Waals surface area (Å²) in [7, 11) is 0. The molecule has 0 radical (unpaired) electrons. The fourth-order valence-electron chi connectivity index (χ4n) is 2.40. The van der Waals surface area contributed by atoms with Crippen molar-refractivity contribution in [3.63, 3.8) is 0 Å². The molecule has 1 aromatic heterocycles. The molecular weight excluding hydrogens is 260 g/mol. The van der Waals surface area contributed by atoms with Crippen LogP contribution < -0.4 is 4.74 Å².